The lowest BCUT2D eigenvalue weighted by molar-refractivity contribution is 0.101. The molecule has 50 heavy (non-hydrogen) atoms. The molecule has 8 rings (SSSR count). The van der Waals surface area contributed by atoms with Crippen molar-refractivity contribution in [2.75, 3.05) is 21.3 Å². The molecule has 6 aromatic rings. The van der Waals surface area contributed by atoms with Crippen LogP contribution in [0.2, 0.25) is 20.1 Å². The Morgan fingerprint density at radius 1 is 0.480 bits per heavy atom. The van der Waals surface area contributed by atoms with Crippen LogP contribution in [-0.2, 0) is 11.1 Å². The van der Waals surface area contributed by atoms with Crippen LogP contribution in [0, 0.1) is 0 Å². The number of hydrogen-bond acceptors (Lipinski definition) is 4. The van der Waals surface area contributed by atoms with Crippen molar-refractivity contribution in [2.45, 2.75) is 11.1 Å². The van der Waals surface area contributed by atoms with E-state index >= 15 is 0 Å². The molecule has 2 amide bonds. The van der Waals surface area contributed by atoms with Gasteiger partial charge in [-0.15, -0.1) is 0 Å². The molecule has 0 aromatic heterocycles. The van der Waals surface area contributed by atoms with Crippen molar-refractivity contribution < 1.29 is 9.59 Å². The first-order chi connectivity index (χ1) is 24.2. The van der Waals surface area contributed by atoms with E-state index in [2.05, 4.69) is 45.5 Å². The van der Waals surface area contributed by atoms with Gasteiger partial charge in [-0.05, 0) is 71.8 Å². The van der Waals surface area contributed by atoms with E-state index in [0.29, 0.717) is 32.5 Å². The Morgan fingerprint density at radius 2 is 0.880 bits per heavy atom. The third-order valence-electron chi connectivity index (χ3n) is 9.33. The summed E-state index contributed by atoms with van der Waals surface area (Å²) in [5.74, 6) is -0.698. The van der Waals surface area contributed by atoms with Crippen molar-refractivity contribution in [1.82, 2.24) is 0 Å². The Morgan fingerprint density at radius 3 is 1.26 bits per heavy atom. The molecule has 0 aliphatic carbocycles. The summed E-state index contributed by atoms with van der Waals surface area (Å²) < 4.78 is 0. The van der Waals surface area contributed by atoms with Gasteiger partial charge >= 0.3 is 0 Å². The third kappa shape index (κ3) is 5.10. The number of nitrogens with one attached hydrogen (secondary N) is 4. The van der Waals surface area contributed by atoms with Crippen LogP contribution in [0.5, 0.6) is 0 Å². The first-order valence-corrected chi connectivity index (χ1v) is 17.2. The Kier molecular flexibility index (Phi) is 8.00. The van der Waals surface area contributed by atoms with Gasteiger partial charge < -0.3 is 21.3 Å². The van der Waals surface area contributed by atoms with E-state index in [1.165, 1.54) is 0 Å². The standard InChI is InChI=1S/C40H26Cl4N4O2/c41-25-11-15-29(33(43)19-25)37(49)45-27-13-17-31-35(21-27)48-40(24-9-5-2-6-10-24)32-18-14-28(46-38(50)30-16-12-26(42)20-34(30)44)22-36(32)47-39(31,40)23-7-3-1-4-8-23/h1-22,47-48H,(H,45,49)(H,46,50). The molecular weight excluding hydrogens is 710 g/mol. The van der Waals surface area contributed by atoms with E-state index in [0.717, 1.165) is 33.6 Å². The highest BCUT2D eigenvalue weighted by atomic mass is 35.5. The van der Waals surface area contributed by atoms with E-state index < -0.39 is 11.1 Å². The van der Waals surface area contributed by atoms with Gasteiger partial charge in [0.25, 0.3) is 11.8 Å². The number of fused-ring (bicyclic) bond motifs is 5. The third-order valence-corrected chi connectivity index (χ3v) is 10.4. The van der Waals surface area contributed by atoms with Gasteiger partial charge in [-0.3, -0.25) is 9.59 Å². The number of benzene rings is 6. The first-order valence-electron chi connectivity index (χ1n) is 15.7. The second-order valence-electron chi connectivity index (χ2n) is 12.2. The second kappa shape index (κ2) is 12.4. The average molecular weight is 736 g/mol. The highest BCUT2D eigenvalue weighted by molar-refractivity contribution is 6.38. The summed E-state index contributed by atoms with van der Waals surface area (Å²) in [6.45, 7) is 0. The number of carbonyl (C=O) groups excluding carboxylic acids is 2. The van der Waals surface area contributed by atoms with Gasteiger partial charge in [0.15, 0.2) is 0 Å². The topological polar surface area (TPSA) is 82.3 Å². The van der Waals surface area contributed by atoms with E-state index in [4.69, 9.17) is 46.4 Å². The summed E-state index contributed by atoms with van der Waals surface area (Å²) in [6.07, 6.45) is 0. The summed E-state index contributed by atoms with van der Waals surface area (Å²) in [5, 5.41) is 15.3. The van der Waals surface area contributed by atoms with Crippen LogP contribution in [0.1, 0.15) is 43.0 Å². The molecule has 0 fully saturated rings. The van der Waals surface area contributed by atoms with Gasteiger partial charge in [-0.2, -0.15) is 0 Å². The van der Waals surface area contributed by atoms with Gasteiger partial charge in [-0.1, -0.05) is 119 Å². The molecule has 4 N–H and O–H groups in total. The summed E-state index contributed by atoms with van der Waals surface area (Å²) in [5.41, 5.74) is 5.83. The molecule has 6 nitrogen and oxygen atoms in total. The van der Waals surface area contributed by atoms with Crippen molar-refractivity contribution in [2.24, 2.45) is 0 Å². The quantitative estimate of drug-likeness (QED) is 0.137. The summed E-state index contributed by atoms with van der Waals surface area (Å²) >= 11 is 24.8. The molecule has 2 unspecified atom stereocenters. The molecular formula is C40H26Cl4N4O2. The van der Waals surface area contributed by atoms with Crippen molar-refractivity contribution in [1.29, 1.82) is 0 Å². The number of amides is 2. The number of hydrogen-bond donors (Lipinski definition) is 4. The fraction of sp³-hybridized carbons (Fsp3) is 0.0500. The van der Waals surface area contributed by atoms with E-state index in [9.17, 15) is 9.59 Å². The predicted molar refractivity (Wildman–Crippen MR) is 203 cm³/mol. The van der Waals surface area contributed by atoms with Crippen LogP contribution in [-0.4, -0.2) is 11.8 Å². The van der Waals surface area contributed by atoms with Crippen LogP contribution in [0.3, 0.4) is 0 Å². The molecule has 0 bridgehead atoms. The fourth-order valence-corrected chi connectivity index (χ4v) is 8.23. The zero-order valence-electron chi connectivity index (χ0n) is 26.0. The highest BCUT2D eigenvalue weighted by Gasteiger charge is 2.65. The van der Waals surface area contributed by atoms with Gasteiger partial charge in [0.2, 0.25) is 0 Å². The predicted octanol–water partition coefficient (Wildman–Crippen LogP) is 10.8. The number of rotatable bonds is 6. The molecule has 2 atom stereocenters. The Labute approximate surface area is 308 Å². The van der Waals surface area contributed by atoms with Crippen molar-refractivity contribution in [3.05, 3.63) is 187 Å². The fourth-order valence-electron chi connectivity index (χ4n) is 7.24. The molecule has 0 saturated heterocycles. The lowest BCUT2D eigenvalue weighted by Gasteiger charge is -2.42. The van der Waals surface area contributed by atoms with Gasteiger partial charge in [0.05, 0.1) is 21.2 Å². The molecule has 246 valence electrons. The van der Waals surface area contributed by atoms with E-state index in [1.807, 2.05) is 72.8 Å². The van der Waals surface area contributed by atoms with Gasteiger partial charge in [-0.25, -0.2) is 0 Å². The van der Waals surface area contributed by atoms with Crippen LogP contribution < -0.4 is 21.3 Å². The number of halogens is 4. The molecule has 0 radical (unpaired) electrons. The number of anilines is 4. The van der Waals surface area contributed by atoms with Gasteiger partial charge in [0.1, 0.15) is 11.1 Å². The Balaban J connectivity index is 1.24. The normalized spacial score (nSPS) is 18.2. The maximum absolute atomic E-state index is 13.3. The van der Waals surface area contributed by atoms with Gasteiger partial charge in [0, 0.05) is 43.9 Å². The zero-order valence-corrected chi connectivity index (χ0v) is 29.1. The van der Waals surface area contributed by atoms with Crippen molar-refractivity contribution in [3.8, 4) is 0 Å². The monoisotopic (exact) mass is 734 g/mol. The van der Waals surface area contributed by atoms with Crippen molar-refractivity contribution in [3.63, 3.8) is 0 Å². The van der Waals surface area contributed by atoms with Crippen LogP contribution in [0.15, 0.2) is 133 Å². The molecule has 2 aliphatic rings. The second-order valence-corrected chi connectivity index (χ2v) is 13.8. The van der Waals surface area contributed by atoms with E-state index in [-0.39, 0.29) is 21.9 Å². The largest absolute Gasteiger partial charge is 0.369 e. The minimum Gasteiger partial charge on any atom is -0.369 e. The van der Waals surface area contributed by atoms with Crippen LogP contribution >= 0.6 is 46.4 Å². The molecule has 2 aliphatic heterocycles. The lowest BCUT2D eigenvalue weighted by Crippen LogP contribution is -2.51. The molecule has 6 aromatic carbocycles. The SMILES string of the molecule is O=C(Nc1ccc2c(c1)NC1(c3ccccc3)c3ccc(NC(=O)c4ccc(Cl)cc4Cl)cc3NC21c1ccccc1)c1ccc(Cl)cc1Cl. The Hall–Kier alpha value is -4.98. The minimum absolute atomic E-state index is 0.266. The smallest absolute Gasteiger partial charge is 0.257 e. The summed E-state index contributed by atoms with van der Waals surface area (Å²) in [6, 6.07) is 41.8. The summed E-state index contributed by atoms with van der Waals surface area (Å²) in [7, 11) is 0. The maximum atomic E-state index is 13.3. The van der Waals surface area contributed by atoms with Crippen LogP contribution in [0.4, 0.5) is 22.7 Å². The number of carbonyl (C=O) groups is 2. The molecule has 2 heterocycles. The lowest BCUT2D eigenvalue weighted by atomic mass is 9.66. The average Bonchev–Trinajstić information content (AvgIpc) is 3.55. The minimum atomic E-state index is -0.836. The molecule has 10 heteroatoms. The first kappa shape index (κ1) is 32.2. The maximum Gasteiger partial charge on any atom is 0.257 e. The Bertz CT molecular complexity index is 2170. The van der Waals surface area contributed by atoms with E-state index in [1.54, 1.807) is 36.4 Å². The zero-order chi connectivity index (χ0) is 34.6. The molecule has 0 spiro atoms. The van der Waals surface area contributed by atoms with Crippen LogP contribution in [0.25, 0.3) is 0 Å². The molecule has 0 saturated carbocycles. The van der Waals surface area contributed by atoms with Crippen molar-refractivity contribution >= 4 is 81.0 Å². The highest BCUT2D eigenvalue weighted by Crippen LogP contribution is 2.64. The summed E-state index contributed by atoms with van der Waals surface area (Å²) in [4.78, 5) is 26.6.